The Morgan fingerprint density at radius 1 is 1.17 bits per heavy atom. The molecule has 2 aromatic carbocycles. The van der Waals surface area contributed by atoms with E-state index < -0.39 is 17.7 Å². The zero-order valence-corrected chi connectivity index (χ0v) is 18.7. The number of methoxy groups -OCH3 is 1. The molecule has 0 unspecified atom stereocenters. The van der Waals surface area contributed by atoms with Crippen LogP contribution in [0.5, 0.6) is 5.75 Å². The lowest BCUT2D eigenvalue weighted by Crippen LogP contribution is -2.32. The summed E-state index contributed by atoms with van der Waals surface area (Å²) in [6.07, 6.45) is 0.0204. The third kappa shape index (κ3) is 4.57. The maximum atomic E-state index is 12.9. The Morgan fingerprint density at radius 3 is 2.47 bits per heavy atom. The second kappa shape index (κ2) is 9.45. The van der Waals surface area contributed by atoms with Crippen LogP contribution < -0.4 is 4.74 Å². The molecule has 1 heterocycles. The molecule has 1 N–H and O–H groups in total. The quantitative estimate of drug-likeness (QED) is 0.368. The van der Waals surface area contributed by atoms with Crippen molar-refractivity contribution in [1.29, 1.82) is 0 Å². The lowest BCUT2D eigenvalue weighted by atomic mass is 9.95. The highest BCUT2D eigenvalue weighted by atomic mass is 79.9. The van der Waals surface area contributed by atoms with Crippen molar-refractivity contribution in [3.8, 4) is 5.75 Å². The molecule has 0 spiro atoms. The molecule has 3 rings (SSSR count). The van der Waals surface area contributed by atoms with Crippen molar-refractivity contribution in [2.24, 2.45) is 0 Å². The fourth-order valence-corrected chi connectivity index (χ4v) is 3.86. The lowest BCUT2D eigenvalue weighted by molar-refractivity contribution is -0.140. The first-order chi connectivity index (χ1) is 14.3. The summed E-state index contributed by atoms with van der Waals surface area (Å²) in [5.41, 5.74) is 1.23. The summed E-state index contributed by atoms with van der Waals surface area (Å²) >= 11 is 3.44. The number of hydrogen-bond acceptors (Lipinski definition) is 5. The SMILES string of the molecule is COCCN1C(=O)C(=O)C(=C(O)c2ccc(OC(C)C)cc2)[C@@H]1c1cccc(Br)c1. The number of amides is 1. The maximum absolute atomic E-state index is 12.9. The first kappa shape index (κ1) is 22.1. The summed E-state index contributed by atoms with van der Waals surface area (Å²) in [5.74, 6) is -0.922. The molecule has 2 aromatic rings. The van der Waals surface area contributed by atoms with Crippen LogP contribution in [0.4, 0.5) is 0 Å². The van der Waals surface area contributed by atoms with Crippen LogP contribution in [0.1, 0.15) is 31.0 Å². The second-order valence-corrected chi connectivity index (χ2v) is 8.15. The molecule has 30 heavy (non-hydrogen) atoms. The molecule has 1 aliphatic heterocycles. The molecule has 7 heteroatoms. The van der Waals surface area contributed by atoms with Gasteiger partial charge in [0.25, 0.3) is 11.7 Å². The van der Waals surface area contributed by atoms with E-state index in [-0.39, 0.29) is 30.6 Å². The number of hydrogen-bond donors (Lipinski definition) is 1. The van der Waals surface area contributed by atoms with E-state index in [1.165, 1.54) is 12.0 Å². The topological polar surface area (TPSA) is 76.1 Å². The van der Waals surface area contributed by atoms with E-state index in [1.807, 2.05) is 38.1 Å². The van der Waals surface area contributed by atoms with Crippen molar-refractivity contribution in [1.82, 2.24) is 4.90 Å². The average Bonchev–Trinajstić information content (AvgIpc) is 2.96. The van der Waals surface area contributed by atoms with Gasteiger partial charge in [-0.15, -0.1) is 0 Å². The van der Waals surface area contributed by atoms with Crippen LogP contribution in [0.25, 0.3) is 5.76 Å². The molecule has 0 radical (unpaired) electrons. The standard InChI is InChI=1S/C23H24BrNO5/c1-14(2)30-18-9-7-15(8-10-18)21(26)19-20(16-5-4-6-17(24)13-16)25(11-12-29-3)23(28)22(19)27/h4-10,13-14,20,26H,11-12H2,1-3H3/t20-/m0/s1. The van der Waals surface area contributed by atoms with Crippen molar-refractivity contribution >= 4 is 33.4 Å². The summed E-state index contributed by atoms with van der Waals surface area (Å²) in [6.45, 7) is 4.36. The second-order valence-electron chi connectivity index (χ2n) is 7.23. The molecule has 158 valence electrons. The Hall–Kier alpha value is -2.64. The highest BCUT2D eigenvalue weighted by molar-refractivity contribution is 9.10. The minimum absolute atomic E-state index is 0.0204. The number of aliphatic hydroxyl groups excluding tert-OH is 1. The fourth-order valence-electron chi connectivity index (χ4n) is 3.44. The van der Waals surface area contributed by atoms with Crippen LogP contribution in [0, 0.1) is 0 Å². The van der Waals surface area contributed by atoms with Gasteiger partial charge in [0, 0.05) is 23.7 Å². The predicted molar refractivity (Wildman–Crippen MR) is 117 cm³/mol. The van der Waals surface area contributed by atoms with Gasteiger partial charge in [-0.2, -0.15) is 0 Å². The predicted octanol–water partition coefficient (Wildman–Crippen LogP) is 4.30. The Bertz CT molecular complexity index is 968. The minimum atomic E-state index is -0.712. The molecule has 1 saturated heterocycles. The fraction of sp³-hybridized carbons (Fsp3) is 0.304. The van der Waals surface area contributed by atoms with Gasteiger partial charge >= 0.3 is 0 Å². The van der Waals surface area contributed by atoms with Gasteiger partial charge in [0.2, 0.25) is 0 Å². The average molecular weight is 474 g/mol. The van der Waals surface area contributed by atoms with E-state index in [0.29, 0.717) is 11.3 Å². The number of halogens is 1. The van der Waals surface area contributed by atoms with Gasteiger partial charge in [0.1, 0.15) is 11.5 Å². The molecule has 1 amide bonds. The number of likely N-dealkylation sites (tertiary alicyclic amines) is 1. The van der Waals surface area contributed by atoms with Gasteiger partial charge in [-0.1, -0.05) is 28.1 Å². The number of carbonyl (C=O) groups is 2. The van der Waals surface area contributed by atoms with E-state index in [0.717, 1.165) is 10.0 Å². The van der Waals surface area contributed by atoms with Crippen LogP contribution in [-0.2, 0) is 14.3 Å². The normalized spacial score (nSPS) is 18.3. The van der Waals surface area contributed by atoms with Crippen molar-refractivity contribution in [3.63, 3.8) is 0 Å². The zero-order valence-electron chi connectivity index (χ0n) is 17.1. The minimum Gasteiger partial charge on any atom is -0.507 e. The van der Waals surface area contributed by atoms with Crippen molar-refractivity contribution in [3.05, 3.63) is 69.7 Å². The van der Waals surface area contributed by atoms with Crippen LogP contribution in [0.3, 0.4) is 0 Å². The third-order valence-corrected chi connectivity index (χ3v) is 5.23. The van der Waals surface area contributed by atoms with Crippen molar-refractivity contribution in [2.45, 2.75) is 26.0 Å². The monoisotopic (exact) mass is 473 g/mol. The van der Waals surface area contributed by atoms with Gasteiger partial charge in [0.05, 0.1) is 24.3 Å². The van der Waals surface area contributed by atoms with Gasteiger partial charge in [0.15, 0.2) is 0 Å². The summed E-state index contributed by atoms with van der Waals surface area (Å²) < 4.78 is 11.6. The molecule has 0 aliphatic carbocycles. The van der Waals surface area contributed by atoms with Crippen LogP contribution in [0.2, 0.25) is 0 Å². The number of carbonyl (C=O) groups excluding carboxylic acids is 2. The number of ether oxygens (including phenoxy) is 2. The lowest BCUT2D eigenvalue weighted by Gasteiger charge is -2.25. The van der Waals surface area contributed by atoms with E-state index in [2.05, 4.69) is 15.9 Å². The Balaban J connectivity index is 2.08. The largest absolute Gasteiger partial charge is 0.507 e. The van der Waals surface area contributed by atoms with Crippen molar-refractivity contribution in [2.75, 3.05) is 20.3 Å². The smallest absolute Gasteiger partial charge is 0.295 e. The van der Waals surface area contributed by atoms with Crippen molar-refractivity contribution < 1.29 is 24.2 Å². The number of ketones is 1. The van der Waals surface area contributed by atoms with Crippen LogP contribution in [0.15, 0.2) is 58.6 Å². The number of rotatable bonds is 7. The summed E-state index contributed by atoms with van der Waals surface area (Å²) in [6, 6.07) is 13.4. The summed E-state index contributed by atoms with van der Waals surface area (Å²) in [4.78, 5) is 27.1. The molecular formula is C23H24BrNO5. The van der Waals surface area contributed by atoms with Gasteiger partial charge in [-0.05, 0) is 55.8 Å². The zero-order chi connectivity index (χ0) is 21.8. The van der Waals surface area contributed by atoms with Gasteiger partial charge in [-0.3, -0.25) is 9.59 Å². The molecule has 0 bridgehead atoms. The van der Waals surface area contributed by atoms with Gasteiger partial charge < -0.3 is 19.5 Å². The number of aliphatic hydroxyl groups is 1. The van der Waals surface area contributed by atoms with Gasteiger partial charge in [-0.25, -0.2) is 0 Å². The number of nitrogens with zero attached hydrogens (tertiary/aromatic N) is 1. The molecule has 1 atom stereocenters. The number of Topliss-reactive ketones (excluding diaryl/α,β-unsaturated/α-hetero) is 1. The van der Waals surface area contributed by atoms with Crippen LogP contribution in [-0.4, -0.2) is 48.1 Å². The summed E-state index contributed by atoms with van der Waals surface area (Å²) in [5, 5.41) is 11.0. The highest BCUT2D eigenvalue weighted by Gasteiger charge is 2.45. The Labute approximate surface area is 184 Å². The first-order valence-corrected chi connectivity index (χ1v) is 10.4. The Kier molecular flexibility index (Phi) is 6.95. The molecule has 6 nitrogen and oxygen atoms in total. The Morgan fingerprint density at radius 2 is 1.87 bits per heavy atom. The van der Waals surface area contributed by atoms with E-state index in [9.17, 15) is 14.7 Å². The van der Waals surface area contributed by atoms with E-state index in [1.54, 1.807) is 24.3 Å². The molecule has 0 aromatic heterocycles. The first-order valence-electron chi connectivity index (χ1n) is 9.63. The highest BCUT2D eigenvalue weighted by Crippen LogP contribution is 2.40. The summed E-state index contributed by atoms with van der Waals surface area (Å²) in [7, 11) is 1.53. The maximum Gasteiger partial charge on any atom is 0.295 e. The molecule has 0 saturated carbocycles. The van der Waals surface area contributed by atoms with Crippen LogP contribution >= 0.6 is 15.9 Å². The molecular weight excluding hydrogens is 450 g/mol. The molecule has 1 aliphatic rings. The van der Waals surface area contributed by atoms with E-state index >= 15 is 0 Å². The third-order valence-electron chi connectivity index (χ3n) is 4.74. The van der Waals surface area contributed by atoms with E-state index in [4.69, 9.17) is 9.47 Å². The molecule has 1 fully saturated rings. The number of benzene rings is 2.